The minimum Gasteiger partial charge on any atom is -0.433 e. The lowest BCUT2D eigenvalue weighted by atomic mass is 9.90. The van der Waals surface area contributed by atoms with Crippen LogP contribution in [0.15, 0.2) is 6.20 Å². The van der Waals surface area contributed by atoms with Gasteiger partial charge in [-0.25, -0.2) is 4.98 Å². The molecule has 0 saturated carbocycles. The van der Waals surface area contributed by atoms with E-state index in [9.17, 15) is 4.79 Å². The van der Waals surface area contributed by atoms with Crippen LogP contribution in [0.3, 0.4) is 0 Å². The molecule has 0 saturated heterocycles. The molecule has 11 heavy (non-hydrogen) atoms. The van der Waals surface area contributed by atoms with Crippen molar-refractivity contribution in [1.82, 2.24) is 4.98 Å². The molecule has 0 spiro atoms. The van der Waals surface area contributed by atoms with Gasteiger partial charge in [0.05, 0.1) is 11.1 Å². The Morgan fingerprint density at radius 3 is 3.09 bits per heavy atom. The van der Waals surface area contributed by atoms with E-state index in [1.54, 1.807) is 6.82 Å². The lowest BCUT2D eigenvalue weighted by Gasteiger charge is -1.97. The van der Waals surface area contributed by atoms with E-state index in [2.05, 4.69) is 10.2 Å². The van der Waals surface area contributed by atoms with E-state index in [1.807, 2.05) is 0 Å². The van der Waals surface area contributed by atoms with Gasteiger partial charge in [0, 0.05) is 0 Å². The second kappa shape index (κ2) is 3.50. The Hall–Kier alpha value is -0.875. The van der Waals surface area contributed by atoms with Crippen molar-refractivity contribution < 1.29 is 9.82 Å². The summed E-state index contributed by atoms with van der Waals surface area (Å²) >= 11 is 1.21. The van der Waals surface area contributed by atoms with Gasteiger partial charge < -0.3 is 10.3 Å². The predicted molar refractivity (Wildman–Crippen MR) is 45.0 cm³/mol. The number of hydrogen-bond donors (Lipinski definition) is 2. The van der Waals surface area contributed by atoms with Gasteiger partial charge in [0.2, 0.25) is 0 Å². The summed E-state index contributed by atoms with van der Waals surface area (Å²) in [6, 6.07) is 0. The van der Waals surface area contributed by atoms with Crippen molar-refractivity contribution in [3.05, 3.63) is 11.1 Å². The van der Waals surface area contributed by atoms with E-state index >= 15 is 0 Å². The Balaban J connectivity index is 2.65. The Labute approximate surface area is 68.4 Å². The minimum absolute atomic E-state index is 0.549. The van der Waals surface area contributed by atoms with Crippen molar-refractivity contribution in [2.45, 2.75) is 6.82 Å². The van der Waals surface area contributed by atoms with Gasteiger partial charge in [0.15, 0.2) is 11.4 Å². The van der Waals surface area contributed by atoms with E-state index < -0.39 is 7.05 Å². The number of aldehydes is 1. The van der Waals surface area contributed by atoms with Crippen molar-refractivity contribution in [2.75, 3.05) is 5.23 Å². The molecule has 0 aliphatic carbocycles. The van der Waals surface area contributed by atoms with E-state index in [4.69, 9.17) is 5.02 Å². The van der Waals surface area contributed by atoms with E-state index in [1.165, 1.54) is 17.5 Å². The minimum atomic E-state index is -0.638. The normalized spacial score (nSPS) is 9.27. The molecule has 0 aliphatic rings. The van der Waals surface area contributed by atoms with Crippen LogP contribution in [-0.2, 0) is 0 Å². The molecule has 1 rings (SSSR count). The molecule has 0 aromatic carbocycles. The van der Waals surface area contributed by atoms with Crippen molar-refractivity contribution in [2.24, 2.45) is 0 Å². The number of aromatic nitrogens is 1. The first kappa shape index (κ1) is 8.22. The second-order valence-corrected chi connectivity index (χ2v) is 3.07. The van der Waals surface area contributed by atoms with Crippen LogP contribution in [0, 0.1) is 0 Å². The Morgan fingerprint density at radius 1 is 1.91 bits per heavy atom. The Morgan fingerprint density at radius 2 is 2.64 bits per heavy atom. The first-order valence-corrected chi connectivity index (χ1v) is 3.89. The van der Waals surface area contributed by atoms with Gasteiger partial charge in [-0.2, -0.15) is 0 Å². The monoisotopic (exact) mass is 170 g/mol. The van der Waals surface area contributed by atoms with E-state index in [0.717, 1.165) is 6.29 Å². The highest BCUT2D eigenvalue weighted by Crippen LogP contribution is 2.15. The molecule has 0 unspecified atom stereocenters. The average molecular weight is 170 g/mol. The number of anilines is 1. The molecule has 58 valence electrons. The summed E-state index contributed by atoms with van der Waals surface area (Å²) in [5, 5.41) is 12.1. The number of thiazole rings is 1. The molecule has 0 bridgehead atoms. The van der Waals surface area contributed by atoms with Crippen LogP contribution in [0.4, 0.5) is 5.13 Å². The van der Waals surface area contributed by atoms with Gasteiger partial charge in [-0.1, -0.05) is 11.3 Å². The summed E-state index contributed by atoms with van der Waals surface area (Å²) in [5.41, 5.74) is 0. The molecule has 4 nitrogen and oxygen atoms in total. The molecule has 0 fully saturated rings. The largest absolute Gasteiger partial charge is 0.433 e. The van der Waals surface area contributed by atoms with Crippen LogP contribution in [-0.4, -0.2) is 23.3 Å². The third-order valence-corrected chi connectivity index (χ3v) is 1.83. The van der Waals surface area contributed by atoms with Crippen molar-refractivity contribution in [3.63, 3.8) is 0 Å². The average Bonchev–Trinajstić information content (AvgIpc) is 2.34. The zero-order chi connectivity index (χ0) is 8.27. The van der Waals surface area contributed by atoms with Gasteiger partial charge in [0.1, 0.15) is 0 Å². The molecule has 6 heteroatoms. The zero-order valence-electron chi connectivity index (χ0n) is 5.94. The number of carbonyl (C=O) groups is 1. The molecule has 0 aliphatic heterocycles. The molecule has 0 radical (unpaired) electrons. The topological polar surface area (TPSA) is 62.2 Å². The lowest BCUT2D eigenvalue weighted by molar-refractivity contribution is 0.112. The van der Waals surface area contributed by atoms with E-state index in [-0.39, 0.29) is 0 Å². The fourth-order valence-electron chi connectivity index (χ4n) is 0.586. The maximum absolute atomic E-state index is 10.2. The number of carbonyl (C=O) groups excluding carboxylic acids is 1. The van der Waals surface area contributed by atoms with Gasteiger partial charge in [-0.05, 0) is 6.82 Å². The van der Waals surface area contributed by atoms with E-state index in [0.29, 0.717) is 10.0 Å². The maximum Gasteiger partial charge on any atom is 0.408 e. The maximum atomic E-state index is 10.2. The number of hydrogen-bond acceptors (Lipinski definition) is 5. The van der Waals surface area contributed by atoms with Crippen molar-refractivity contribution in [3.8, 4) is 0 Å². The fraction of sp³-hybridized carbons (Fsp3) is 0.200. The third kappa shape index (κ3) is 2.32. The summed E-state index contributed by atoms with van der Waals surface area (Å²) in [7, 11) is -0.638. The second-order valence-electron chi connectivity index (χ2n) is 2.01. The van der Waals surface area contributed by atoms with Gasteiger partial charge in [-0.15, -0.1) is 0 Å². The molecular weight excluding hydrogens is 163 g/mol. The summed E-state index contributed by atoms with van der Waals surface area (Å²) in [6.45, 7) is 1.59. The van der Waals surface area contributed by atoms with Gasteiger partial charge >= 0.3 is 7.05 Å². The molecule has 2 N–H and O–H groups in total. The van der Waals surface area contributed by atoms with Gasteiger partial charge in [0.25, 0.3) is 0 Å². The van der Waals surface area contributed by atoms with Crippen molar-refractivity contribution in [1.29, 1.82) is 0 Å². The van der Waals surface area contributed by atoms with Crippen LogP contribution in [0.2, 0.25) is 6.82 Å². The van der Waals surface area contributed by atoms with Crippen molar-refractivity contribution >= 4 is 29.8 Å². The predicted octanol–water partition coefficient (Wildman–Crippen LogP) is 0.478. The summed E-state index contributed by atoms with van der Waals surface area (Å²) in [4.78, 5) is 14.6. The lowest BCUT2D eigenvalue weighted by Crippen LogP contribution is -2.18. The summed E-state index contributed by atoms with van der Waals surface area (Å²) in [6.07, 6.45) is 2.19. The number of nitrogens with one attached hydrogen (secondary N) is 1. The SMILES string of the molecule is CB(O)Nc1ncc(C=O)s1. The van der Waals surface area contributed by atoms with Crippen LogP contribution in [0.1, 0.15) is 9.67 Å². The highest BCUT2D eigenvalue weighted by Gasteiger charge is 2.05. The molecule has 0 atom stereocenters. The number of nitrogens with zero attached hydrogens (tertiary/aromatic N) is 1. The first-order chi connectivity index (χ1) is 5.22. The zero-order valence-corrected chi connectivity index (χ0v) is 6.76. The standard InChI is InChI=1S/C5H7BN2O2S/c1-6(10)8-5-7-2-4(3-9)11-5/h2-3,10H,1H3,(H,7,8). The smallest absolute Gasteiger partial charge is 0.408 e. The Bertz CT molecular complexity index is 250. The summed E-state index contributed by atoms with van der Waals surface area (Å²) in [5.74, 6) is 0. The highest BCUT2D eigenvalue weighted by atomic mass is 32.1. The van der Waals surface area contributed by atoms with Crippen LogP contribution < -0.4 is 5.23 Å². The Kier molecular flexibility index (Phi) is 2.61. The fourth-order valence-corrected chi connectivity index (χ4v) is 1.30. The quantitative estimate of drug-likeness (QED) is 0.511. The van der Waals surface area contributed by atoms with Crippen LogP contribution >= 0.6 is 11.3 Å². The van der Waals surface area contributed by atoms with Crippen LogP contribution in [0.5, 0.6) is 0 Å². The third-order valence-electron chi connectivity index (χ3n) is 0.972. The molecule has 1 aromatic heterocycles. The highest BCUT2D eigenvalue weighted by molar-refractivity contribution is 7.17. The molecular formula is C5H7BN2O2S. The number of rotatable bonds is 3. The van der Waals surface area contributed by atoms with Gasteiger partial charge in [-0.3, -0.25) is 4.79 Å². The molecule has 1 aromatic rings. The molecule has 1 heterocycles. The first-order valence-electron chi connectivity index (χ1n) is 3.08. The van der Waals surface area contributed by atoms with Crippen LogP contribution in [0.25, 0.3) is 0 Å². The summed E-state index contributed by atoms with van der Waals surface area (Å²) < 4.78 is 0. The molecule has 0 amide bonds.